The van der Waals surface area contributed by atoms with Crippen molar-refractivity contribution >= 4 is 11.9 Å². The number of esters is 1. The number of rotatable bonds is 15. The molecular formula is C24H44O4. The van der Waals surface area contributed by atoms with Crippen LogP contribution in [0.25, 0.3) is 0 Å². The first-order chi connectivity index (χ1) is 13.5. The number of hydrogen-bond acceptors (Lipinski definition) is 3. The second kappa shape index (κ2) is 14.9. The zero-order chi connectivity index (χ0) is 20.8. The van der Waals surface area contributed by atoms with Crippen molar-refractivity contribution in [2.75, 3.05) is 0 Å². The van der Waals surface area contributed by atoms with Gasteiger partial charge in [-0.1, -0.05) is 78.6 Å². The van der Waals surface area contributed by atoms with Crippen LogP contribution in [0.2, 0.25) is 0 Å². The maximum Gasteiger partial charge on any atom is 0.309 e. The Hall–Kier alpha value is -1.06. The second-order valence-corrected chi connectivity index (χ2v) is 8.84. The Morgan fingerprint density at radius 2 is 1.54 bits per heavy atom. The summed E-state index contributed by atoms with van der Waals surface area (Å²) in [5.41, 5.74) is 0. The lowest BCUT2D eigenvalue weighted by Gasteiger charge is -2.29. The molecule has 0 aliphatic heterocycles. The Balaban J connectivity index is 2.64. The fourth-order valence-corrected chi connectivity index (χ4v) is 4.58. The van der Waals surface area contributed by atoms with E-state index in [2.05, 4.69) is 20.8 Å². The molecule has 0 radical (unpaired) electrons. The fraction of sp³-hybridized carbons (Fsp3) is 0.917. The normalized spacial score (nSPS) is 21.8. The zero-order valence-corrected chi connectivity index (χ0v) is 18.6. The molecule has 4 nitrogen and oxygen atoms in total. The molecule has 0 aromatic heterocycles. The van der Waals surface area contributed by atoms with Crippen LogP contribution >= 0.6 is 0 Å². The molecule has 0 aromatic rings. The summed E-state index contributed by atoms with van der Waals surface area (Å²) in [5.74, 6) is -0.888. The van der Waals surface area contributed by atoms with Gasteiger partial charge in [-0.05, 0) is 44.4 Å². The minimum absolute atomic E-state index is 0.00225. The molecule has 4 unspecified atom stereocenters. The number of carboxylic acids is 1. The van der Waals surface area contributed by atoms with Gasteiger partial charge in [0.25, 0.3) is 0 Å². The van der Waals surface area contributed by atoms with Crippen LogP contribution in [0, 0.1) is 17.8 Å². The summed E-state index contributed by atoms with van der Waals surface area (Å²) in [6, 6.07) is 0. The molecule has 1 rings (SSSR count). The van der Waals surface area contributed by atoms with Crippen LogP contribution < -0.4 is 0 Å². The molecule has 4 heteroatoms. The Kier molecular flexibility index (Phi) is 13.3. The summed E-state index contributed by atoms with van der Waals surface area (Å²) in [7, 11) is 0. The van der Waals surface area contributed by atoms with E-state index in [9.17, 15) is 14.7 Å². The number of carbonyl (C=O) groups is 2. The zero-order valence-electron chi connectivity index (χ0n) is 18.6. The van der Waals surface area contributed by atoms with Gasteiger partial charge in [-0.3, -0.25) is 9.59 Å². The number of carboxylic acid groups (broad SMARTS) is 1. The van der Waals surface area contributed by atoms with Crippen molar-refractivity contribution in [3.05, 3.63) is 0 Å². The van der Waals surface area contributed by atoms with E-state index >= 15 is 0 Å². The molecule has 28 heavy (non-hydrogen) atoms. The highest BCUT2D eigenvalue weighted by Crippen LogP contribution is 2.32. The molecule has 4 atom stereocenters. The van der Waals surface area contributed by atoms with Gasteiger partial charge in [0.15, 0.2) is 0 Å². The molecule has 0 saturated heterocycles. The second-order valence-electron chi connectivity index (χ2n) is 8.84. The molecule has 1 aliphatic rings. The Morgan fingerprint density at radius 1 is 0.893 bits per heavy atom. The highest BCUT2D eigenvalue weighted by Gasteiger charge is 2.33. The molecular weight excluding hydrogens is 352 g/mol. The van der Waals surface area contributed by atoms with Crippen molar-refractivity contribution in [2.45, 2.75) is 123 Å². The number of aliphatic carboxylic acids is 1. The maximum absolute atomic E-state index is 12.8. The van der Waals surface area contributed by atoms with E-state index in [1.807, 2.05) is 0 Å². The summed E-state index contributed by atoms with van der Waals surface area (Å²) in [5, 5.41) is 9.29. The number of carbonyl (C=O) groups excluding carboxylic acids is 1. The average molecular weight is 397 g/mol. The van der Waals surface area contributed by atoms with E-state index in [0.29, 0.717) is 18.8 Å². The van der Waals surface area contributed by atoms with Gasteiger partial charge in [-0.25, -0.2) is 0 Å². The first-order valence-corrected chi connectivity index (χ1v) is 11.9. The van der Waals surface area contributed by atoms with Crippen LogP contribution in [0.3, 0.4) is 0 Å². The van der Waals surface area contributed by atoms with E-state index in [4.69, 9.17) is 4.74 Å². The van der Waals surface area contributed by atoms with E-state index in [0.717, 1.165) is 32.1 Å². The van der Waals surface area contributed by atoms with Gasteiger partial charge in [0.2, 0.25) is 0 Å². The van der Waals surface area contributed by atoms with E-state index in [1.54, 1.807) is 0 Å². The van der Waals surface area contributed by atoms with Crippen molar-refractivity contribution < 1.29 is 19.4 Å². The summed E-state index contributed by atoms with van der Waals surface area (Å²) in [6.07, 6.45) is 15.5. The van der Waals surface area contributed by atoms with Crippen LogP contribution in [-0.4, -0.2) is 23.1 Å². The maximum atomic E-state index is 12.8. The van der Waals surface area contributed by atoms with Gasteiger partial charge in [0, 0.05) is 0 Å². The van der Waals surface area contributed by atoms with Crippen molar-refractivity contribution in [2.24, 2.45) is 17.8 Å². The topological polar surface area (TPSA) is 63.6 Å². The monoisotopic (exact) mass is 396 g/mol. The predicted octanol–water partition coefficient (Wildman–Crippen LogP) is 6.76. The quantitative estimate of drug-likeness (QED) is 0.245. The van der Waals surface area contributed by atoms with E-state index in [1.165, 1.54) is 51.4 Å². The molecule has 1 saturated carbocycles. The summed E-state index contributed by atoms with van der Waals surface area (Å²) in [6.45, 7) is 6.66. The average Bonchev–Trinajstić information content (AvgIpc) is 2.68. The lowest BCUT2D eigenvalue weighted by Crippen LogP contribution is -2.31. The van der Waals surface area contributed by atoms with Crippen molar-refractivity contribution in [1.29, 1.82) is 0 Å². The fourth-order valence-electron chi connectivity index (χ4n) is 4.58. The molecule has 0 spiro atoms. The van der Waals surface area contributed by atoms with Gasteiger partial charge in [0.1, 0.15) is 6.10 Å². The van der Waals surface area contributed by atoms with Crippen molar-refractivity contribution in [3.63, 3.8) is 0 Å². The van der Waals surface area contributed by atoms with Crippen molar-refractivity contribution in [3.8, 4) is 0 Å². The molecule has 0 bridgehead atoms. The molecule has 164 valence electrons. The van der Waals surface area contributed by atoms with Crippen molar-refractivity contribution in [1.82, 2.24) is 0 Å². The summed E-state index contributed by atoms with van der Waals surface area (Å²) < 4.78 is 6.02. The molecule has 0 heterocycles. The van der Waals surface area contributed by atoms with Crippen LogP contribution in [0.4, 0.5) is 0 Å². The standard InChI is InChI=1S/C24H44O4/c1-4-7-9-13-19(12-6-3)17-22(16-10-8-5-2)28-24(27)21-15-11-14-20(18-21)23(25)26/h19-22H,4-18H2,1-3H3,(H,25,26). The first kappa shape index (κ1) is 25.0. The van der Waals surface area contributed by atoms with Crippen LogP contribution in [0.5, 0.6) is 0 Å². The third kappa shape index (κ3) is 9.93. The highest BCUT2D eigenvalue weighted by molar-refractivity contribution is 5.75. The lowest BCUT2D eigenvalue weighted by atomic mass is 9.81. The Labute approximate surface area is 172 Å². The van der Waals surface area contributed by atoms with Gasteiger partial charge >= 0.3 is 11.9 Å². The van der Waals surface area contributed by atoms with Crippen LogP contribution in [0.1, 0.15) is 117 Å². The summed E-state index contributed by atoms with van der Waals surface area (Å²) >= 11 is 0. The van der Waals surface area contributed by atoms with E-state index in [-0.39, 0.29) is 23.9 Å². The number of ether oxygens (including phenoxy) is 1. The smallest absolute Gasteiger partial charge is 0.309 e. The highest BCUT2D eigenvalue weighted by atomic mass is 16.5. The molecule has 0 aromatic carbocycles. The number of unbranched alkanes of at least 4 members (excludes halogenated alkanes) is 4. The lowest BCUT2D eigenvalue weighted by molar-refractivity contribution is -0.158. The van der Waals surface area contributed by atoms with Crippen LogP contribution in [-0.2, 0) is 14.3 Å². The molecule has 1 N–H and O–H groups in total. The van der Waals surface area contributed by atoms with Gasteiger partial charge < -0.3 is 9.84 Å². The SMILES string of the molecule is CCCCCC(CCC)CC(CCCCC)OC(=O)C1CCCC(C(=O)O)C1. The van der Waals surface area contributed by atoms with Gasteiger partial charge in [-0.15, -0.1) is 0 Å². The van der Waals surface area contributed by atoms with Gasteiger partial charge in [-0.2, -0.15) is 0 Å². The Bertz CT molecular complexity index is 434. The number of hydrogen-bond donors (Lipinski definition) is 1. The summed E-state index contributed by atoms with van der Waals surface area (Å²) in [4.78, 5) is 24.1. The third-order valence-corrected chi connectivity index (χ3v) is 6.28. The largest absolute Gasteiger partial charge is 0.481 e. The molecule has 1 aliphatic carbocycles. The first-order valence-electron chi connectivity index (χ1n) is 11.9. The predicted molar refractivity (Wildman–Crippen MR) is 114 cm³/mol. The minimum atomic E-state index is -0.768. The minimum Gasteiger partial charge on any atom is -0.481 e. The van der Waals surface area contributed by atoms with E-state index < -0.39 is 5.97 Å². The van der Waals surface area contributed by atoms with Gasteiger partial charge in [0.05, 0.1) is 11.8 Å². The Morgan fingerprint density at radius 3 is 2.14 bits per heavy atom. The molecule has 1 fully saturated rings. The van der Waals surface area contributed by atoms with Crippen LogP contribution in [0.15, 0.2) is 0 Å². The third-order valence-electron chi connectivity index (χ3n) is 6.28. The molecule has 0 amide bonds.